The molecule has 0 aromatic carbocycles. The Kier molecular flexibility index (Phi) is 3.38. The van der Waals surface area contributed by atoms with Gasteiger partial charge in [-0.2, -0.15) is 0 Å². The molecule has 0 aromatic heterocycles. The monoisotopic (exact) mass is 304 g/mol. The average molecular weight is 304 g/mol. The predicted molar refractivity (Wildman–Crippen MR) is 88.5 cm³/mol. The number of nitrogens with one attached hydrogen (secondary N) is 2. The first-order valence-corrected chi connectivity index (χ1v) is 9.40. The lowest BCUT2D eigenvalue weighted by molar-refractivity contribution is -0.140. The third kappa shape index (κ3) is 2.70. The van der Waals surface area contributed by atoms with Crippen molar-refractivity contribution >= 4 is 5.91 Å². The third-order valence-electron chi connectivity index (χ3n) is 6.96. The summed E-state index contributed by atoms with van der Waals surface area (Å²) < 4.78 is 0. The molecule has 2 unspecified atom stereocenters. The minimum Gasteiger partial charge on any atom is -0.351 e. The van der Waals surface area contributed by atoms with Crippen LogP contribution in [-0.4, -0.2) is 24.5 Å². The van der Waals surface area contributed by atoms with E-state index in [9.17, 15) is 4.79 Å². The van der Waals surface area contributed by atoms with E-state index >= 15 is 0 Å². The van der Waals surface area contributed by atoms with E-state index in [-0.39, 0.29) is 5.54 Å². The first-order chi connectivity index (χ1) is 10.4. The van der Waals surface area contributed by atoms with Crippen molar-refractivity contribution in [1.82, 2.24) is 10.6 Å². The molecule has 3 nitrogen and oxygen atoms in total. The molecule has 3 heteroatoms. The van der Waals surface area contributed by atoms with E-state index < -0.39 is 0 Å². The summed E-state index contributed by atoms with van der Waals surface area (Å²) >= 11 is 0. The topological polar surface area (TPSA) is 41.1 Å². The summed E-state index contributed by atoms with van der Waals surface area (Å²) in [6.07, 6.45) is 11.0. The summed E-state index contributed by atoms with van der Waals surface area (Å²) in [6, 6.07) is 0. The Labute approximate surface area is 135 Å². The van der Waals surface area contributed by atoms with Crippen LogP contribution in [0.3, 0.4) is 0 Å². The highest BCUT2D eigenvalue weighted by Crippen LogP contribution is 2.66. The van der Waals surface area contributed by atoms with Gasteiger partial charge in [-0.3, -0.25) is 4.79 Å². The normalized spacial score (nSPS) is 47.6. The Balaban J connectivity index is 1.44. The Bertz CT molecular complexity index is 450. The average Bonchev–Trinajstić information content (AvgIpc) is 2.34. The number of hydrogen-bond donors (Lipinski definition) is 2. The van der Waals surface area contributed by atoms with Crippen LogP contribution in [0.1, 0.15) is 71.6 Å². The summed E-state index contributed by atoms with van der Waals surface area (Å²) in [5, 5.41) is 6.96. The maximum Gasteiger partial charge on any atom is 0.220 e. The molecule has 1 saturated heterocycles. The molecule has 5 aliphatic rings. The SMILES string of the molecule is CC12CC3CC(C)(C1)CC(NC(=O)CC1CCNCC1)(C3)C2. The van der Waals surface area contributed by atoms with Gasteiger partial charge in [0.25, 0.3) is 0 Å². The molecule has 5 fully saturated rings. The number of amides is 1. The molecule has 1 amide bonds. The van der Waals surface area contributed by atoms with Crippen LogP contribution < -0.4 is 10.6 Å². The van der Waals surface area contributed by atoms with Gasteiger partial charge in [0.2, 0.25) is 5.91 Å². The van der Waals surface area contributed by atoms with E-state index in [1.165, 1.54) is 51.4 Å². The van der Waals surface area contributed by atoms with E-state index in [1.54, 1.807) is 0 Å². The molecule has 2 N–H and O–H groups in total. The van der Waals surface area contributed by atoms with Gasteiger partial charge < -0.3 is 10.6 Å². The maximum atomic E-state index is 12.7. The molecule has 4 saturated carbocycles. The zero-order valence-electron chi connectivity index (χ0n) is 14.3. The smallest absolute Gasteiger partial charge is 0.220 e. The number of rotatable bonds is 3. The first kappa shape index (κ1) is 15.0. The van der Waals surface area contributed by atoms with Gasteiger partial charge in [-0.05, 0) is 87.1 Å². The van der Waals surface area contributed by atoms with E-state index in [0.717, 1.165) is 25.4 Å². The molecule has 0 radical (unpaired) electrons. The second-order valence-corrected chi connectivity index (χ2v) is 9.86. The van der Waals surface area contributed by atoms with E-state index in [2.05, 4.69) is 24.5 Å². The lowest BCUT2D eigenvalue weighted by atomic mass is 9.43. The Morgan fingerprint density at radius 1 is 1.05 bits per heavy atom. The molecule has 0 spiro atoms. The minimum absolute atomic E-state index is 0.132. The highest BCUT2D eigenvalue weighted by atomic mass is 16.1. The summed E-state index contributed by atoms with van der Waals surface area (Å²) in [4.78, 5) is 12.7. The van der Waals surface area contributed by atoms with Crippen LogP contribution in [0.2, 0.25) is 0 Å². The van der Waals surface area contributed by atoms with Crippen molar-refractivity contribution in [1.29, 1.82) is 0 Å². The van der Waals surface area contributed by atoms with E-state index in [0.29, 0.717) is 22.7 Å². The van der Waals surface area contributed by atoms with Gasteiger partial charge in [-0.1, -0.05) is 13.8 Å². The molecule has 4 aliphatic carbocycles. The summed E-state index contributed by atoms with van der Waals surface area (Å²) in [7, 11) is 0. The van der Waals surface area contributed by atoms with Gasteiger partial charge in [0.1, 0.15) is 0 Å². The highest BCUT2D eigenvalue weighted by molar-refractivity contribution is 5.77. The van der Waals surface area contributed by atoms with Crippen LogP contribution >= 0.6 is 0 Å². The zero-order chi connectivity index (χ0) is 15.4. The Morgan fingerprint density at radius 2 is 1.68 bits per heavy atom. The number of hydrogen-bond acceptors (Lipinski definition) is 2. The molecule has 1 heterocycles. The lowest BCUT2D eigenvalue weighted by Gasteiger charge is -2.65. The second-order valence-electron chi connectivity index (χ2n) is 9.86. The third-order valence-corrected chi connectivity index (χ3v) is 6.96. The molecule has 2 atom stereocenters. The van der Waals surface area contributed by atoms with Crippen LogP contribution in [0.4, 0.5) is 0 Å². The number of carbonyl (C=O) groups excluding carboxylic acids is 1. The highest BCUT2D eigenvalue weighted by Gasteiger charge is 2.60. The summed E-state index contributed by atoms with van der Waals surface area (Å²) in [5.41, 5.74) is 1.10. The minimum atomic E-state index is 0.132. The molecule has 1 aliphatic heterocycles. The molecule has 124 valence electrons. The molecular formula is C19H32N2O. The molecule has 4 bridgehead atoms. The Hall–Kier alpha value is -0.570. The van der Waals surface area contributed by atoms with Crippen LogP contribution in [0.15, 0.2) is 0 Å². The van der Waals surface area contributed by atoms with Gasteiger partial charge in [0, 0.05) is 12.0 Å². The second kappa shape index (κ2) is 4.96. The van der Waals surface area contributed by atoms with E-state index in [1.807, 2.05) is 0 Å². The number of piperidine rings is 1. The van der Waals surface area contributed by atoms with Gasteiger partial charge in [0.15, 0.2) is 0 Å². The van der Waals surface area contributed by atoms with Crippen LogP contribution in [0, 0.1) is 22.7 Å². The van der Waals surface area contributed by atoms with Crippen LogP contribution in [0.5, 0.6) is 0 Å². The summed E-state index contributed by atoms with van der Waals surface area (Å²) in [6.45, 7) is 7.12. The van der Waals surface area contributed by atoms with Crippen molar-refractivity contribution in [2.75, 3.05) is 13.1 Å². The predicted octanol–water partition coefficient (Wildman–Crippen LogP) is 3.24. The molecule has 0 aromatic rings. The fourth-order valence-electron chi connectivity index (χ4n) is 7.28. The standard InChI is InChI=1S/C19H32N2O/c1-17-8-15-9-18(2,11-17)13-19(10-15,12-17)21-16(22)7-14-3-5-20-6-4-14/h14-15,20H,3-13H2,1-2H3,(H,21,22). The van der Waals surface area contributed by atoms with Gasteiger partial charge in [-0.25, -0.2) is 0 Å². The van der Waals surface area contributed by atoms with Crippen molar-refractivity contribution in [2.45, 2.75) is 77.2 Å². The van der Waals surface area contributed by atoms with Gasteiger partial charge in [-0.15, -0.1) is 0 Å². The maximum absolute atomic E-state index is 12.7. The zero-order valence-corrected chi connectivity index (χ0v) is 14.3. The van der Waals surface area contributed by atoms with Crippen molar-refractivity contribution in [2.24, 2.45) is 22.7 Å². The lowest BCUT2D eigenvalue weighted by Crippen LogP contribution is -2.65. The van der Waals surface area contributed by atoms with Gasteiger partial charge >= 0.3 is 0 Å². The van der Waals surface area contributed by atoms with E-state index in [4.69, 9.17) is 0 Å². The van der Waals surface area contributed by atoms with Crippen LogP contribution in [-0.2, 0) is 4.79 Å². The van der Waals surface area contributed by atoms with Crippen molar-refractivity contribution < 1.29 is 4.79 Å². The Morgan fingerprint density at radius 3 is 2.27 bits per heavy atom. The molecule has 22 heavy (non-hydrogen) atoms. The first-order valence-electron chi connectivity index (χ1n) is 9.40. The fourth-order valence-corrected chi connectivity index (χ4v) is 7.28. The summed E-state index contributed by atoms with van der Waals surface area (Å²) in [5.74, 6) is 1.79. The molecular weight excluding hydrogens is 272 g/mol. The molecule has 5 rings (SSSR count). The number of carbonyl (C=O) groups is 1. The van der Waals surface area contributed by atoms with Gasteiger partial charge in [0.05, 0.1) is 0 Å². The largest absolute Gasteiger partial charge is 0.351 e. The van der Waals surface area contributed by atoms with Crippen LogP contribution in [0.25, 0.3) is 0 Å². The van der Waals surface area contributed by atoms with Crippen molar-refractivity contribution in [3.05, 3.63) is 0 Å². The van der Waals surface area contributed by atoms with Crippen molar-refractivity contribution in [3.8, 4) is 0 Å². The van der Waals surface area contributed by atoms with Crippen molar-refractivity contribution in [3.63, 3.8) is 0 Å². The quantitative estimate of drug-likeness (QED) is 0.840. The fraction of sp³-hybridized carbons (Fsp3) is 0.947.